The molecule has 0 unspecified atom stereocenters. The Balaban J connectivity index is 2.42. The molecule has 0 saturated carbocycles. The predicted octanol–water partition coefficient (Wildman–Crippen LogP) is 2.81. The van der Waals surface area contributed by atoms with Gasteiger partial charge in [0.25, 0.3) is 0 Å². The Kier molecular flexibility index (Phi) is 3.99. The van der Waals surface area contributed by atoms with Crippen LogP contribution >= 0.6 is 0 Å². The highest BCUT2D eigenvalue weighted by molar-refractivity contribution is 7.90. The molecular weight excluding hydrogens is 303 g/mol. The fourth-order valence-corrected chi connectivity index (χ4v) is 4.07. The second kappa shape index (κ2) is 5.19. The maximum absolute atomic E-state index is 13.2. The average molecular weight is 321 g/mol. The Hall–Kier alpha value is -1.24. The van der Waals surface area contributed by atoms with Gasteiger partial charge in [-0.2, -0.15) is 13.2 Å². The molecule has 1 aliphatic rings. The summed E-state index contributed by atoms with van der Waals surface area (Å²) >= 11 is 0. The number of alkyl halides is 3. The van der Waals surface area contributed by atoms with Gasteiger partial charge in [0.1, 0.15) is 9.84 Å². The summed E-state index contributed by atoms with van der Waals surface area (Å²) < 4.78 is 62.3. The van der Waals surface area contributed by atoms with E-state index in [-0.39, 0.29) is 22.9 Å². The third kappa shape index (κ3) is 3.33. The lowest BCUT2D eigenvalue weighted by Crippen LogP contribution is -2.36. The number of hydrogen-bond acceptors (Lipinski definition) is 3. The van der Waals surface area contributed by atoms with Gasteiger partial charge in [-0.25, -0.2) is 8.42 Å². The van der Waals surface area contributed by atoms with Crippen molar-refractivity contribution >= 4 is 15.5 Å². The molecular formula is C14H18F3NO2S. The number of aryl methyl sites for hydroxylation is 1. The van der Waals surface area contributed by atoms with Gasteiger partial charge in [0.2, 0.25) is 0 Å². The summed E-state index contributed by atoms with van der Waals surface area (Å²) in [6.07, 6.45) is -2.96. The van der Waals surface area contributed by atoms with Crippen LogP contribution in [0.15, 0.2) is 12.1 Å². The molecule has 0 fully saturated rings. The smallest absolute Gasteiger partial charge is 0.367 e. The third-order valence-electron chi connectivity index (χ3n) is 3.77. The molecule has 1 aliphatic heterocycles. The van der Waals surface area contributed by atoms with Crippen LogP contribution in [0.25, 0.3) is 0 Å². The first kappa shape index (κ1) is 16.1. The van der Waals surface area contributed by atoms with E-state index in [1.54, 1.807) is 17.9 Å². The van der Waals surface area contributed by atoms with Crippen molar-refractivity contribution in [3.05, 3.63) is 28.8 Å². The second-order valence-electron chi connectivity index (χ2n) is 5.64. The fraction of sp³-hybridized carbons (Fsp3) is 0.571. The van der Waals surface area contributed by atoms with Gasteiger partial charge in [-0.3, -0.25) is 0 Å². The van der Waals surface area contributed by atoms with E-state index in [2.05, 4.69) is 0 Å². The molecule has 0 saturated heterocycles. The number of anilines is 1. The molecule has 0 radical (unpaired) electrons. The molecule has 1 heterocycles. The van der Waals surface area contributed by atoms with Crippen LogP contribution in [0.4, 0.5) is 18.9 Å². The quantitative estimate of drug-likeness (QED) is 0.859. The SMILES string of the molecule is Cc1ccc2c(c1C(F)(F)F)CCN2[C@H](C)CS(C)(=O)=O. The Bertz CT molecular complexity index is 653. The molecule has 0 aromatic heterocycles. The maximum atomic E-state index is 13.2. The largest absolute Gasteiger partial charge is 0.417 e. The second-order valence-corrected chi connectivity index (χ2v) is 7.82. The van der Waals surface area contributed by atoms with Crippen molar-refractivity contribution in [3.8, 4) is 0 Å². The number of hydrogen-bond donors (Lipinski definition) is 0. The molecule has 3 nitrogen and oxygen atoms in total. The van der Waals surface area contributed by atoms with Crippen LogP contribution in [-0.4, -0.2) is 33.0 Å². The summed E-state index contributed by atoms with van der Waals surface area (Å²) in [5.41, 5.74) is 0.417. The lowest BCUT2D eigenvalue weighted by atomic mass is 9.99. The summed E-state index contributed by atoms with van der Waals surface area (Å²) in [6.45, 7) is 3.59. The normalized spacial score (nSPS) is 17.0. The van der Waals surface area contributed by atoms with Crippen molar-refractivity contribution in [2.24, 2.45) is 0 Å². The van der Waals surface area contributed by atoms with E-state index in [0.29, 0.717) is 18.7 Å². The lowest BCUT2D eigenvalue weighted by Gasteiger charge is -2.27. The van der Waals surface area contributed by atoms with Crippen molar-refractivity contribution in [1.29, 1.82) is 0 Å². The molecule has 118 valence electrons. The number of rotatable bonds is 3. The minimum absolute atomic E-state index is 0.0678. The summed E-state index contributed by atoms with van der Waals surface area (Å²) in [6, 6.07) is 2.77. The van der Waals surface area contributed by atoms with Gasteiger partial charge >= 0.3 is 6.18 Å². The predicted molar refractivity (Wildman–Crippen MR) is 76.4 cm³/mol. The van der Waals surface area contributed by atoms with E-state index >= 15 is 0 Å². The summed E-state index contributed by atoms with van der Waals surface area (Å²) in [4.78, 5) is 1.76. The first-order valence-electron chi connectivity index (χ1n) is 6.65. The van der Waals surface area contributed by atoms with E-state index < -0.39 is 21.6 Å². The van der Waals surface area contributed by atoms with E-state index in [1.165, 1.54) is 13.0 Å². The van der Waals surface area contributed by atoms with Gasteiger partial charge in [0.05, 0.1) is 11.3 Å². The van der Waals surface area contributed by atoms with Crippen LogP contribution in [0.5, 0.6) is 0 Å². The minimum atomic E-state index is -4.38. The fourth-order valence-electron chi connectivity index (χ4n) is 3.01. The van der Waals surface area contributed by atoms with Crippen molar-refractivity contribution in [3.63, 3.8) is 0 Å². The molecule has 7 heteroatoms. The molecule has 0 bridgehead atoms. The number of nitrogens with zero attached hydrogens (tertiary/aromatic N) is 1. The summed E-state index contributed by atoms with van der Waals surface area (Å²) in [5.74, 6) is -0.0678. The van der Waals surface area contributed by atoms with Gasteiger partial charge in [-0.05, 0) is 37.5 Å². The average Bonchev–Trinajstić information content (AvgIpc) is 2.67. The number of fused-ring (bicyclic) bond motifs is 1. The molecule has 0 spiro atoms. The zero-order chi connectivity index (χ0) is 16.0. The van der Waals surface area contributed by atoms with Gasteiger partial charge in [-0.15, -0.1) is 0 Å². The minimum Gasteiger partial charge on any atom is -0.367 e. The van der Waals surface area contributed by atoms with Gasteiger partial charge in [0.15, 0.2) is 0 Å². The highest BCUT2D eigenvalue weighted by Gasteiger charge is 2.39. The highest BCUT2D eigenvalue weighted by atomic mass is 32.2. The molecule has 2 rings (SSSR count). The van der Waals surface area contributed by atoms with Crippen molar-refractivity contribution in [1.82, 2.24) is 0 Å². The van der Waals surface area contributed by atoms with E-state index in [9.17, 15) is 21.6 Å². The van der Waals surface area contributed by atoms with Crippen LogP contribution < -0.4 is 4.90 Å². The van der Waals surface area contributed by atoms with Gasteiger partial charge in [-0.1, -0.05) is 6.07 Å². The maximum Gasteiger partial charge on any atom is 0.417 e. The Morgan fingerprint density at radius 1 is 1.33 bits per heavy atom. The Labute approximate surface area is 122 Å². The van der Waals surface area contributed by atoms with Crippen LogP contribution in [0, 0.1) is 6.92 Å². The van der Waals surface area contributed by atoms with E-state index in [4.69, 9.17) is 0 Å². The molecule has 1 aromatic rings. The lowest BCUT2D eigenvalue weighted by molar-refractivity contribution is -0.138. The number of halogens is 3. The first-order chi connectivity index (χ1) is 9.50. The van der Waals surface area contributed by atoms with Crippen LogP contribution in [0.1, 0.15) is 23.6 Å². The van der Waals surface area contributed by atoms with Crippen LogP contribution in [-0.2, 0) is 22.4 Å². The molecule has 1 atom stereocenters. The molecule has 0 amide bonds. The summed E-state index contributed by atoms with van der Waals surface area (Å²) in [5, 5.41) is 0. The third-order valence-corrected chi connectivity index (χ3v) is 4.86. The number of sulfone groups is 1. The molecule has 21 heavy (non-hydrogen) atoms. The molecule has 0 aliphatic carbocycles. The van der Waals surface area contributed by atoms with Crippen molar-refractivity contribution < 1.29 is 21.6 Å². The summed E-state index contributed by atoms with van der Waals surface area (Å²) in [7, 11) is -3.17. The molecule has 0 N–H and O–H groups in total. The standard InChI is InChI=1S/C14H18F3NO2S/c1-9-4-5-12-11(13(9)14(15,16)17)6-7-18(12)10(2)8-21(3,19)20/h4-5,10H,6-8H2,1-3H3/t10-/m1/s1. The molecule has 1 aromatic carbocycles. The zero-order valence-electron chi connectivity index (χ0n) is 12.2. The van der Waals surface area contributed by atoms with Crippen molar-refractivity contribution in [2.75, 3.05) is 23.5 Å². The first-order valence-corrected chi connectivity index (χ1v) is 8.71. The Morgan fingerprint density at radius 2 is 1.95 bits per heavy atom. The van der Waals surface area contributed by atoms with Crippen LogP contribution in [0.2, 0.25) is 0 Å². The monoisotopic (exact) mass is 321 g/mol. The van der Waals surface area contributed by atoms with E-state index in [0.717, 1.165) is 6.26 Å². The van der Waals surface area contributed by atoms with Crippen molar-refractivity contribution in [2.45, 2.75) is 32.5 Å². The Morgan fingerprint density at radius 3 is 2.48 bits per heavy atom. The number of benzene rings is 1. The topological polar surface area (TPSA) is 37.4 Å². The van der Waals surface area contributed by atoms with Gasteiger partial charge in [0, 0.05) is 24.5 Å². The van der Waals surface area contributed by atoms with E-state index in [1.807, 2.05) is 0 Å². The van der Waals surface area contributed by atoms with Crippen LogP contribution in [0.3, 0.4) is 0 Å². The zero-order valence-corrected chi connectivity index (χ0v) is 13.0. The van der Waals surface area contributed by atoms with Gasteiger partial charge < -0.3 is 4.90 Å². The highest BCUT2D eigenvalue weighted by Crippen LogP contribution is 2.42.